The first kappa shape index (κ1) is 20.0. The maximum absolute atomic E-state index is 13.0. The normalized spacial score (nSPS) is 17.6. The molecule has 1 atom stereocenters. The number of hydrogen-bond acceptors (Lipinski definition) is 3. The third-order valence-corrected chi connectivity index (χ3v) is 5.62. The number of methoxy groups -OCH3 is 1. The molecule has 6 heteroatoms. The van der Waals surface area contributed by atoms with Gasteiger partial charge in [0.2, 0.25) is 5.91 Å². The molecule has 1 heterocycles. The van der Waals surface area contributed by atoms with E-state index in [1.165, 1.54) is 0 Å². The van der Waals surface area contributed by atoms with Gasteiger partial charge in [0.05, 0.1) is 13.0 Å². The Hall–Kier alpha value is -1.75. The number of likely N-dealkylation sites (tertiary alicyclic amines) is 1. The molecule has 0 saturated carbocycles. The highest BCUT2D eigenvalue weighted by atomic mass is 35.5. The van der Waals surface area contributed by atoms with Gasteiger partial charge in [-0.1, -0.05) is 35.3 Å². The quantitative estimate of drug-likeness (QED) is 0.709. The highest BCUT2D eigenvalue weighted by Gasteiger charge is 2.28. The molecule has 1 amide bonds. The summed E-state index contributed by atoms with van der Waals surface area (Å²) in [5, 5.41) is 1.31. The van der Waals surface area contributed by atoms with Gasteiger partial charge in [-0.3, -0.25) is 9.69 Å². The fraction of sp³-hybridized carbons (Fsp3) is 0.381. The van der Waals surface area contributed by atoms with Crippen molar-refractivity contribution in [1.29, 1.82) is 0 Å². The molecular weight excluding hydrogens is 383 g/mol. The summed E-state index contributed by atoms with van der Waals surface area (Å²) < 4.78 is 5.27. The number of benzene rings is 2. The van der Waals surface area contributed by atoms with Gasteiger partial charge in [-0.25, -0.2) is 0 Å². The number of amides is 1. The molecule has 2 aromatic rings. The number of carbonyl (C=O) groups excluding carboxylic acids is 1. The second-order valence-electron chi connectivity index (χ2n) is 6.91. The molecule has 4 nitrogen and oxygen atoms in total. The number of carbonyl (C=O) groups is 1. The first-order valence-electron chi connectivity index (χ1n) is 9.06. The van der Waals surface area contributed by atoms with Crippen LogP contribution in [-0.4, -0.2) is 38.1 Å². The van der Waals surface area contributed by atoms with E-state index in [9.17, 15) is 4.79 Å². The van der Waals surface area contributed by atoms with Gasteiger partial charge >= 0.3 is 0 Å². The minimum atomic E-state index is -0.0268. The Morgan fingerprint density at radius 2 is 2.07 bits per heavy atom. The Bertz CT molecular complexity index is 813. The summed E-state index contributed by atoms with van der Waals surface area (Å²) in [5.74, 6) is 0.853. The van der Waals surface area contributed by atoms with E-state index in [1.807, 2.05) is 43.4 Å². The number of anilines is 1. The summed E-state index contributed by atoms with van der Waals surface area (Å²) >= 11 is 12.3. The molecule has 3 rings (SSSR count). The Morgan fingerprint density at radius 3 is 2.81 bits per heavy atom. The molecule has 0 bridgehead atoms. The molecule has 144 valence electrons. The summed E-state index contributed by atoms with van der Waals surface area (Å²) in [7, 11) is 3.45. The summed E-state index contributed by atoms with van der Waals surface area (Å²) in [6, 6.07) is 13.2. The van der Waals surface area contributed by atoms with Crippen LogP contribution < -0.4 is 9.64 Å². The fourth-order valence-electron chi connectivity index (χ4n) is 3.51. The highest BCUT2D eigenvalue weighted by molar-refractivity contribution is 6.35. The molecule has 1 saturated heterocycles. The molecule has 1 fully saturated rings. The van der Waals surface area contributed by atoms with Crippen molar-refractivity contribution in [2.24, 2.45) is 5.92 Å². The molecule has 0 N–H and O–H groups in total. The van der Waals surface area contributed by atoms with Crippen LogP contribution >= 0.6 is 23.2 Å². The average Bonchev–Trinajstić information content (AvgIpc) is 2.69. The summed E-state index contributed by atoms with van der Waals surface area (Å²) in [5.41, 5.74) is 1.88. The zero-order valence-electron chi connectivity index (χ0n) is 15.6. The van der Waals surface area contributed by atoms with Crippen LogP contribution in [0.5, 0.6) is 5.75 Å². The third-order valence-electron chi connectivity index (χ3n) is 5.04. The molecular formula is C21H24Cl2N2O2. The lowest BCUT2D eigenvalue weighted by atomic mass is 9.96. The Morgan fingerprint density at radius 1 is 1.26 bits per heavy atom. The number of halogens is 2. The first-order chi connectivity index (χ1) is 13.0. The Kier molecular flexibility index (Phi) is 6.64. The van der Waals surface area contributed by atoms with Crippen LogP contribution in [0, 0.1) is 5.92 Å². The monoisotopic (exact) mass is 406 g/mol. The number of nitrogens with zero attached hydrogens (tertiary/aromatic N) is 2. The Balaban J connectivity index is 1.66. The smallest absolute Gasteiger partial charge is 0.231 e. The van der Waals surface area contributed by atoms with Gasteiger partial charge in [-0.15, -0.1) is 0 Å². The molecule has 0 spiro atoms. The molecule has 0 unspecified atom stereocenters. The summed E-state index contributed by atoms with van der Waals surface area (Å²) in [4.78, 5) is 17.0. The van der Waals surface area contributed by atoms with Crippen LogP contribution in [0.2, 0.25) is 10.0 Å². The van der Waals surface area contributed by atoms with E-state index < -0.39 is 0 Å². The molecule has 0 radical (unpaired) electrons. The Labute approximate surface area is 170 Å². The number of hydrogen-bond donors (Lipinski definition) is 0. The van der Waals surface area contributed by atoms with Crippen molar-refractivity contribution in [2.45, 2.75) is 19.4 Å². The molecule has 1 aliphatic rings. The summed E-state index contributed by atoms with van der Waals surface area (Å²) in [6.45, 7) is 2.42. The van der Waals surface area contributed by atoms with Gasteiger partial charge < -0.3 is 9.64 Å². The van der Waals surface area contributed by atoms with Gasteiger partial charge in [0.25, 0.3) is 0 Å². The molecule has 27 heavy (non-hydrogen) atoms. The van der Waals surface area contributed by atoms with Gasteiger partial charge in [-0.2, -0.15) is 0 Å². The van der Waals surface area contributed by atoms with Gasteiger partial charge in [0.1, 0.15) is 5.75 Å². The van der Waals surface area contributed by atoms with Crippen molar-refractivity contribution in [3.05, 3.63) is 58.1 Å². The largest absolute Gasteiger partial charge is 0.497 e. The van der Waals surface area contributed by atoms with Crippen molar-refractivity contribution in [3.63, 3.8) is 0 Å². The number of ether oxygens (including phenoxy) is 1. The van der Waals surface area contributed by atoms with E-state index in [1.54, 1.807) is 18.1 Å². The highest BCUT2D eigenvalue weighted by Crippen LogP contribution is 2.27. The molecule has 0 aliphatic carbocycles. The lowest BCUT2D eigenvalue weighted by Crippen LogP contribution is -2.43. The second kappa shape index (κ2) is 8.96. The third kappa shape index (κ3) is 4.95. The van der Waals surface area contributed by atoms with Gasteiger partial charge in [0.15, 0.2) is 0 Å². The van der Waals surface area contributed by atoms with Crippen molar-refractivity contribution in [3.8, 4) is 5.75 Å². The van der Waals surface area contributed by atoms with Gasteiger partial charge in [0, 0.05) is 41.9 Å². The van der Waals surface area contributed by atoms with Crippen LogP contribution in [0.3, 0.4) is 0 Å². The summed E-state index contributed by atoms with van der Waals surface area (Å²) in [6.07, 6.45) is 1.89. The minimum absolute atomic E-state index is 0.0268. The van der Waals surface area contributed by atoms with E-state index in [2.05, 4.69) is 4.90 Å². The first-order valence-corrected chi connectivity index (χ1v) is 9.81. The number of piperidine rings is 1. The molecule has 1 aliphatic heterocycles. The SMILES string of the molecule is COc1cccc(N(C)C(=O)[C@H]2CCCN(Cc3ccc(Cl)cc3Cl)C2)c1. The van der Waals surface area contributed by atoms with Crippen molar-refractivity contribution < 1.29 is 9.53 Å². The topological polar surface area (TPSA) is 32.8 Å². The van der Waals surface area contributed by atoms with Gasteiger partial charge in [-0.05, 0) is 49.2 Å². The van der Waals surface area contributed by atoms with Crippen LogP contribution in [0.25, 0.3) is 0 Å². The lowest BCUT2D eigenvalue weighted by molar-refractivity contribution is -0.123. The predicted octanol–water partition coefficient (Wildman–Crippen LogP) is 4.88. The van der Waals surface area contributed by atoms with E-state index in [-0.39, 0.29) is 11.8 Å². The minimum Gasteiger partial charge on any atom is -0.497 e. The van der Waals surface area contributed by atoms with Crippen LogP contribution in [-0.2, 0) is 11.3 Å². The predicted molar refractivity (Wildman–Crippen MR) is 111 cm³/mol. The van der Waals surface area contributed by atoms with E-state index in [0.29, 0.717) is 10.0 Å². The van der Waals surface area contributed by atoms with Crippen LogP contribution in [0.15, 0.2) is 42.5 Å². The van der Waals surface area contributed by atoms with Crippen molar-refractivity contribution >= 4 is 34.8 Å². The maximum atomic E-state index is 13.0. The van der Waals surface area contributed by atoms with Crippen molar-refractivity contribution in [1.82, 2.24) is 4.90 Å². The lowest BCUT2D eigenvalue weighted by Gasteiger charge is -2.34. The standard InChI is InChI=1S/C21H24Cl2N2O2/c1-24(18-6-3-7-19(12-18)27-2)21(26)16-5-4-10-25(14-16)13-15-8-9-17(22)11-20(15)23/h3,6-9,11-12,16H,4-5,10,13-14H2,1-2H3/t16-/m0/s1. The zero-order chi connectivity index (χ0) is 19.4. The fourth-order valence-corrected chi connectivity index (χ4v) is 3.98. The maximum Gasteiger partial charge on any atom is 0.231 e. The zero-order valence-corrected chi connectivity index (χ0v) is 17.1. The second-order valence-corrected chi connectivity index (χ2v) is 7.75. The van der Waals surface area contributed by atoms with Crippen LogP contribution in [0.4, 0.5) is 5.69 Å². The van der Waals surface area contributed by atoms with Crippen LogP contribution in [0.1, 0.15) is 18.4 Å². The van der Waals surface area contributed by atoms with Crippen molar-refractivity contribution in [2.75, 3.05) is 32.1 Å². The van der Waals surface area contributed by atoms with E-state index >= 15 is 0 Å². The average molecular weight is 407 g/mol. The van der Waals surface area contributed by atoms with E-state index in [4.69, 9.17) is 27.9 Å². The molecule has 0 aromatic heterocycles. The molecule has 2 aromatic carbocycles. The number of rotatable bonds is 5. The van der Waals surface area contributed by atoms with E-state index in [0.717, 1.165) is 49.5 Å².